The van der Waals surface area contributed by atoms with Gasteiger partial charge in [0.2, 0.25) is 0 Å². The zero-order chi connectivity index (χ0) is 32.8. The summed E-state index contributed by atoms with van der Waals surface area (Å²) in [7, 11) is 0. The van der Waals surface area contributed by atoms with Gasteiger partial charge in [-0.3, -0.25) is 0 Å². The van der Waals surface area contributed by atoms with Crippen LogP contribution in [0.3, 0.4) is 0 Å². The van der Waals surface area contributed by atoms with Gasteiger partial charge in [-0.1, -0.05) is 97.1 Å². The molecule has 0 spiro atoms. The number of aromatic nitrogens is 8. The fraction of sp³-hybridized carbons (Fsp3) is 0.0952. The molecular weight excluding hydrogens is 617 g/mol. The molecule has 1 aliphatic rings. The second-order valence-corrected chi connectivity index (χ2v) is 13.3. The summed E-state index contributed by atoms with van der Waals surface area (Å²) in [5, 5.41) is 14.9. The van der Waals surface area contributed by atoms with E-state index in [1.165, 1.54) is 0 Å². The van der Waals surface area contributed by atoms with Gasteiger partial charge in [-0.2, -0.15) is 0 Å². The number of benzene rings is 6. The molecule has 0 atom stereocenters. The molecule has 8 nitrogen and oxygen atoms in total. The van der Waals surface area contributed by atoms with Crippen LogP contribution in [0.5, 0.6) is 0 Å². The maximum atomic E-state index is 5.40. The Morgan fingerprint density at radius 2 is 0.780 bits per heavy atom. The van der Waals surface area contributed by atoms with Crippen molar-refractivity contribution in [1.29, 1.82) is 0 Å². The Balaban J connectivity index is 1.21. The van der Waals surface area contributed by atoms with Gasteiger partial charge >= 0.3 is 0 Å². The molecule has 1 aliphatic heterocycles. The van der Waals surface area contributed by atoms with Gasteiger partial charge in [-0.15, -0.1) is 18.7 Å². The molecule has 11 rings (SSSR count). The molecule has 8 heteroatoms. The summed E-state index contributed by atoms with van der Waals surface area (Å²) in [5.41, 5.74) is 12.8. The van der Waals surface area contributed by atoms with Crippen molar-refractivity contribution in [3.8, 4) is 0 Å². The zero-order valence-corrected chi connectivity index (χ0v) is 27.1. The van der Waals surface area contributed by atoms with Crippen LogP contribution in [0.4, 0.5) is 0 Å². The SMILES string of the molecule is c1cc2c3nc4c(cccc4cc3c1)Cn1n[n+](c3ccccc31)Cc1cccc3cc4cccc(c4nc13)C[n+]1nn(c3ccccc31)C2. The van der Waals surface area contributed by atoms with Gasteiger partial charge in [-0.25, -0.2) is 9.97 Å². The van der Waals surface area contributed by atoms with Crippen LogP contribution in [0.25, 0.3) is 65.7 Å². The highest BCUT2D eigenvalue weighted by molar-refractivity contribution is 5.96. The second-order valence-electron chi connectivity index (χ2n) is 13.3. The summed E-state index contributed by atoms with van der Waals surface area (Å²) in [5.74, 6) is 0. The summed E-state index contributed by atoms with van der Waals surface area (Å²) in [4.78, 5) is 10.8. The highest BCUT2D eigenvalue weighted by atomic mass is 15.5. The van der Waals surface area contributed by atoms with E-state index in [9.17, 15) is 0 Å². The van der Waals surface area contributed by atoms with E-state index < -0.39 is 0 Å². The van der Waals surface area contributed by atoms with Crippen LogP contribution in [-0.4, -0.2) is 29.8 Å². The first-order chi connectivity index (χ1) is 24.7. The summed E-state index contributed by atoms with van der Waals surface area (Å²) >= 11 is 0. The van der Waals surface area contributed by atoms with E-state index in [2.05, 4.69) is 152 Å². The average Bonchev–Trinajstić information content (AvgIpc) is 3.67. The Labute approximate surface area is 286 Å². The highest BCUT2D eigenvalue weighted by Gasteiger charge is 2.23. The van der Waals surface area contributed by atoms with Crippen molar-refractivity contribution in [2.45, 2.75) is 26.2 Å². The van der Waals surface area contributed by atoms with Crippen molar-refractivity contribution in [1.82, 2.24) is 29.8 Å². The van der Waals surface area contributed by atoms with E-state index in [-0.39, 0.29) is 0 Å². The fourth-order valence-electron chi connectivity index (χ4n) is 7.89. The van der Waals surface area contributed by atoms with Crippen LogP contribution in [0.15, 0.2) is 133 Å². The van der Waals surface area contributed by atoms with Gasteiger partial charge < -0.3 is 0 Å². The molecule has 0 N–H and O–H groups in total. The number of nitrogens with zero attached hydrogens (tertiary/aromatic N) is 8. The summed E-state index contributed by atoms with van der Waals surface area (Å²) in [6, 6.07) is 47.3. The molecule has 10 aromatic rings. The molecule has 236 valence electrons. The minimum Gasteiger partial charge on any atom is -0.247 e. The third kappa shape index (κ3) is 4.18. The van der Waals surface area contributed by atoms with Crippen LogP contribution in [0, 0.1) is 0 Å². The number of para-hydroxylation sites is 8. The quantitative estimate of drug-likeness (QED) is 0.133. The van der Waals surface area contributed by atoms with E-state index in [0.29, 0.717) is 26.2 Å². The van der Waals surface area contributed by atoms with Crippen LogP contribution >= 0.6 is 0 Å². The maximum Gasteiger partial charge on any atom is 0.198 e. The predicted octanol–water partition coefficient (Wildman–Crippen LogP) is 6.87. The molecular formula is C42H30N8+2. The molecule has 0 radical (unpaired) electrons. The topological polar surface area (TPSA) is 69.2 Å². The third-order valence-corrected chi connectivity index (χ3v) is 10.3. The van der Waals surface area contributed by atoms with Gasteiger partial charge in [0.05, 0.1) is 32.5 Å². The highest BCUT2D eigenvalue weighted by Crippen LogP contribution is 2.28. The van der Waals surface area contributed by atoms with Crippen molar-refractivity contribution in [3.63, 3.8) is 0 Å². The molecule has 50 heavy (non-hydrogen) atoms. The number of rotatable bonds is 0. The van der Waals surface area contributed by atoms with E-state index in [1.807, 2.05) is 0 Å². The lowest BCUT2D eigenvalue weighted by atomic mass is 10.0. The van der Waals surface area contributed by atoms with Crippen LogP contribution in [0.2, 0.25) is 0 Å². The summed E-state index contributed by atoms with van der Waals surface area (Å²) in [6.45, 7) is 2.38. The van der Waals surface area contributed by atoms with E-state index in [0.717, 1.165) is 87.9 Å². The van der Waals surface area contributed by atoms with Gasteiger partial charge in [0.25, 0.3) is 0 Å². The molecule has 0 unspecified atom stereocenters. The lowest BCUT2D eigenvalue weighted by Crippen LogP contribution is -2.38. The molecule has 0 fully saturated rings. The molecule has 0 saturated carbocycles. The van der Waals surface area contributed by atoms with E-state index >= 15 is 0 Å². The van der Waals surface area contributed by atoms with Crippen LogP contribution in [0.1, 0.15) is 22.3 Å². The Bertz CT molecular complexity index is 2610. The normalized spacial score (nSPS) is 13.3. The first-order valence-electron chi connectivity index (χ1n) is 17.1. The van der Waals surface area contributed by atoms with Gasteiger partial charge in [0.15, 0.2) is 22.1 Å². The molecule has 5 heterocycles. The molecule has 0 amide bonds. The van der Waals surface area contributed by atoms with Crippen molar-refractivity contribution in [2.24, 2.45) is 0 Å². The minimum absolute atomic E-state index is 0.594. The molecule has 8 bridgehead atoms. The van der Waals surface area contributed by atoms with Crippen molar-refractivity contribution in [2.75, 3.05) is 0 Å². The first kappa shape index (κ1) is 27.4. The third-order valence-electron chi connectivity index (χ3n) is 10.3. The summed E-state index contributed by atoms with van der Waals surface area (Å²) < 4.78 is 8.45. The average molecular weight is 647 g/mol. The van der Waals surface area contributed by atoms with Crippen molar-refractivity contribution >= 4 is 65.7 Å². The predicted molar refractivity (Wildman–Crippen MR) is 195 cm³/mol. The number of hydrogen-bond donors (Lipinski definition) is 0. The van der Waals surface area contributed by atoms with Gasteiger partial charge in [0, 0.05) is 43.8 Å². The minimum atomic E-state index is 0.594. The van der Waals surface area contributed by atoms with Crippen molar-refractivity contribution in [3.05, 3.63) is 156 Å². The Morgan fingerprint density at radius 1 is 0.400 bits per heavy atom. The van der Waals surface area contributed by atoms with Crippen LogP contribution < -0.4 is 9.36 Å². The smallest absolute Gasteiger partial charge is 0.198 e. The molecule has 0 aliphatic carbocycles. The van der Waals surface area contributed by atoms with E-state index in [1.54, 1.807) is 0 Å². The molecule has 4 aromatic heterocycles. The largest absolute Gasteiger partial charge is 0.247 e. The Morgan fingerprint density at radius 3 is 1.22 bits per heavy atom. The standard InChI is InChI=1S/C42H30N8/c1-2-18-36-35(17-1)47-23-31-13-5-9-27-21-29-11-7-15-33(41(29)43-39(27)31)25-49-37-19-3-4-20-38(37)50(46-49)26-34-16-8-12-30-22-28-10-6-14-32(24-48(36)45-47)40(28)44-42(30)34/h1-22H,23-26H2/q+2. The first-order valence-corrected chi connectivity index (χ1v) is 17.1. The fourth-order valence-corrected chi connectivity index (χ4v) is 7.89. The lowest BCUT2D eigenvalue weighted by Gasteiger charge is -2.09. The monoisotopic (exact) mass is 646 g/mol. The van der Waals surface area contributed by atoms with Gasteiger partial charge in [-0.05, 0) is 36.4 Å². The van der Waals surface area contributed by atoms with Crippen molar-refractivity contribution < 1.29 is 9.36 Å². The zero-order valence-electron chi connectivity index (χ0n) is 27.1. The second kappa shape index (κ2) is 10.5. The molecule has 6 aromatic carbocycles. The number of pyridine rings is 2. The Hall–Kier alpha value is -6.54. The lowest BCUT2D eigenvalue weighted by molar-refractivity contribution is -0.724. The van der Waals surface area contributed by atoms with Gasteiger partial charge in [0.1, 0.15) is 26.2 Å². The maximum absolute atomic E-state index is 5.40. The van der Waals surface area contributed by atoms with Crippen LogP contribution in [-0.2, 0) is 26.2 Å². The summed E-state index contributed by atoms with van der Waals surface area (Å²) in [6.07, 6.45) is 0. The number of hydrogen-bond acceptors (Lipinski definition) is 4. The van der Waals surface area contributed by atoms with E-state index in [4.69, 9.17) is 20.4 Å². The Kier molecular flexibility index (Phi) is 5.75. The number of fused-ring (bicyclic) bond motifs is 10. The molecule has 0 saturated heterocycles.